The first-order valence-corrected chi connectivity index (χ1v) is 10.5. The lowest BCUT2D eigenvalue weighted by atomic mass is 9.94. The van der Waals surface area contributed by atoms with Crippen molar-refractivity contribution < 1.29 is 4.74 Å². The van der Waals surface area contributed by atoms with Gasteiger partial charge in [0, 0.05) is 13.1 Å². The Labute approximate surface area is 154 Å². The van der Waals surface area contributed by atoms with Gasteiger partial charge in [-0.15, -0.1) is 0 Å². The Balaban J connectivity index is 1.23. The number of benzene rings is 1. The fourth-order valence-electron chi connectivity index (χ4n) is 4.35. The molecule has 1 saturated heterocycles. The van der Waals surface area contributed by atoms with E-state index in [1.807, 2.05) is 30.3 Å². The third-order valence-corrected chi connectivity index (χ3v) is 5.92. The van der Waals surface area contributed by atoms with Crippen LogP contribution in [0.3, 0.4) is 0 Å². The van der Waals surface area contributed by atoms with Gasteiger partial charge >= 0.3 is 0 Å². The lowest BCUT2D eigenvalue weighted by molar-refractivity contribution is 0.152. The van der Waals surface area contributed by atoms with Gasteiger partial charge in [-0.2, -0.15) is 0 Å². The molecule has 1 saturated carbocycles. The Morgan fingerprint density at radius 2 is 1.60 bits per heavy atom. The molecule has 1 aliphatic carbocycles. The van der Waals surface area contributed by atoms with Crippen LogP contribution in [0.25, 0.3) is 0 Å². The van der Waals surface area contributed by atoms with Gasteiger partial charge in [-0.3, -0.25) is 0 Å². The largest absolute Gasteiger partial charge is 0.492 e. The van der Waals surface area contributed by atoms with Crippen LogP contribution in [0.4, 0.5) is 0 Å². The molecule has 140 valence electrons. The maximum absolute atomic E-state index is 5.74. The van der Waals surface area contributed by atoms with Gasteiger partial charge in [-0.1, -0.05) is 43.9 Å². The number of ether oxygens (including phenoxy) is 1. The fourth-order valence-corrected chi connectivity index (χ4v) is 4.35. The maximum Gasteiger partial charge on any atom is 0.119 e. The number of hydrogen-bond acceptors (Lipinski definition) is 3. The molecule has 1 heterocycles. The summed E-state index contributed by atoms with van der Waals surface area (Å²) >= 11 is 0. The zero-order valence-electron chi connectivity index (χ0n) is 15.8. The second kappa shape index (κ2) is 10.8. The number of para-hydroxylation sites is 1. The molecule has 0 unspecified atom stereocenters. The smallest absolute Gasteiger partial charge is 0.119 e. The summed E-state index contributed by atoms with van der Waals surface area (Å²) in [5.41, 5.74) is 0. The van der Waals surface area contributed by atoms with Crippen molar-refractivity contribution in [2.45, 2.75) is 51.4 Å². The van der Waals surface area contributed by atoms with E-state index in [1.54, 1.807) is 0 Å². The molecule has 3 rings (SSSR count). The summed E-state index contributed by atoms with van der Waals surface area (Å²) in [6.45, 7) is 6.83. The number of rotatable bonds is 8. The van der Waals surface area contributed by atoms with Crippen molar-refractivity contribution in [2.75, 3.05) is 39.3 Å². The summed E-state index contributed by atoms with van der Waals surface area (Å²) in [5.74, 6) is 2.80. The van der Waals surface area contributed by atoms with E-state index in [9.17, 15) is 0 Å². The van der Waals surface area contributed by atoms with Crippen LogP contribution in [-0.2, 0) is 0 Å². The van der Waals surface area contributed by atoms with Gasteiger partial charge in [0.05, 0.1) is 0 Å². The standard InChI is InChI=1S/C22H36N2O/c1-2-5-9-21(8-4-1)19-24-15-12-20(13-16-24)18-23-14-17-25-22-10-6-3-7-11-22/h3,6-7,10-11,20-21,23H,1-2,4-5,8-9,12-19H2. The molecule has 1 aliphatic heterocycles. The van der Waals surface area contributed by atoms with Crippen molar-refractivity contribution >= 4 is 0 Å². The SMILES string of the molecule is c1ccc(OCCNCC2CCN(CC3CCCCCC3)CC2)cc1. The Bertz CT molecular complexity index is 448. The zero-order valence-corrected chi connectivity index (χ0v) is 15.8. The third-order valence-electron chi connectivity index (χ3n) is 5.92. The Kier molecular flexibility index (Phi) is 8.11. The van der Waals surface area contributed by atoms with E-state index in [1.165, 1.54) is 71.0 Å². The molecule has 3 nitrogen and oxygen atoms in total. The summed E-state index contributed by atoms with van der Waals surface area (Å²) in [7, 11) is 0. The molecule has 0 atom stereocenters. The monoisotopic (exact) mass is 344 g/mol. The molecular formula is C22H36N2O. The van der Waals surface area contributed by atoms with E-state index >= 15 is 0 Å². The van der Waals surface area contributed by atoms with Crippen molar-refractivity contribution in [1.82, 2.24) is 10.2 Å². The van der Waals surface area contributed by atoms with Crippen LogP contribution in [-0.4, -0.2) is 44.2 Å². The average Bonchev–Trinajstić information content (AvgIpc) is 2.92. The lowest BCUT2D eigenvalue weighted by Crippen LogP contribution is -2.40. The molecule has 0 spiro atoms. The highest BCUT2D eigenvalue weighted by molar-refractivity contribution is 5.20. The highest BCUT2D eigenvalue weighted by Crippen LogP contribution is 2.25. The van der Waals surface area contributed by atoms with E-state index in [0.29, 0.717) is 0 Å². The second-order valence-electron chi connectivity index (χ2n) is 7.97. The zero-order chi connectivity index (χ0) is 17.2. The topological polar surface area (TPSA) is 24.5 Å². The van der Waals surface area contributed by atoms with Gasteiger partial charge in [0.2, 0.25) is 0 Å². The number of piperidine rings is 1. The Hall–Kier alpha value is -1.06. The highest BCUT2D eigenvalue weighted by atomic mass is 16.5. The molecule has 0 bridgehead atoms. The van der Waals surface area contributed by atoms with Crippen molar-refractivity contribution in [3.8, 4) is 5.75 Å². The van der Waals surface area contributed by atoms with E-state index in [0.717, 1.165) is 37.3 Å². The molecule has 1 N–H and O–H groups in total. The number of hydrogen-bond donors (Lipinski definition) is 1. The molecule has 1 aromatic carbocycles. The predicted molar refractivity (Wildman–Crippen MR) is 105 cm³/mol. The number of likely N-dealkylation sites (tertiary alicyclic amines) is 1. The molecule has 1 aromatic rings. The minimum atomic E-state index is 0.755. The van der Waals surface area contributed by atoms with E-state index < -0.39 is 0 Å². The van der Waals surface area contributed by atoms with Crippen molar-refractivity contribution in [3.63, 3.8) is 0 Å². The van der Waals surface area contributed by atoms with Gasteiger partial charge < -0.3 is 15.0 Å². The summed E-state index contributed by atoms with van der Waals surface area (Å²) in [6.07, 6.45) is 11.5. The van der Waals surface area contributed by atoms with Crippen LogP contribution >= 0.6 is 0 Å². The molecule has 3 heteroatoms. The molecule has 0 aromatic heterocycles. The quantitative estimate of drug-likeness (QED) is 0.561. The number of nitrogens with one attached hydrogen (secondary N) is 1. The first-order valence-electron chi connectivity index (χ1n) is 10.5. The van der Waals surface area contributed by atoms with Crippen LogP contribution in [0, 0.1) is 11.8 Å². The van der Waals surface area contributed by atoms with Crippen molar-refractivity contribution in [1.29, 1.82) is 0 Å². The summed E-state index contributed by atoms with van der Waals surface area (Å²) < 4.78 is 5.74. The lowest BCUT2D eigenvalue weighted by Gasteiger charge is -2.34. The van der Waals surface area contributed by atoms with Gasteiger partial charge in [0.1, 0.15) is 12.4 Å². The first-order chi connectivity index (χ1) is 12.4. The van der Waals surface area contributed by atoms with E-state index in [4.69, 9.17) is 4.74 Å². The molecule has 0 radical (unpaired) electrons. The van der Waals surface area contributed by atoms with Crippen LogP contribution < -0.4 is 10.1 Å². The van der Waals surface area contributed by atoms with Gasteiger partial charge in [0.15, 0.2) is 0 Å². The summed E-state index contributed by atoms with van der Waals surface area (Å²) in [6, 6.07) is 10.1. The van der Waals surface area contributed by atoms with Gasteiger partial charge in [-0.05, 0) is 69.3 Å². The molecule has 0 amide bonds. The Morgan fingerprint density at radius 3 is 2.32 bits per heavy atom. The summed E-state index contributed by atoms with van der Waals surface area (Å²) in [5, 5.41) is 3.59. The molecule has 25 heavy (non-hydrogen) atoms. The van der Waals surface area contributed by atoms with Crippen molar-refractivity contribution in [3.05, 3.63) is 30.3 Å². The first kappa shape index (κ1) is 18.7. The average molecular weight is 345 g/mol. The van der Waals surface area contributed by atoms with E-state index in [-0.39, 0.29) is 0 Å². The minimum absolute atomic E-state index is 0.755. The Morgan fingerprint density at radius 1 is 0.880 bits per heavy atom. The van der Waals surface area contributed by atoms with Gasteiger partial charge in [0.25, 0.3) is 0 Å². The number of nitrogens with zero attached hydrogens (tertiary/aromatic N) is 1. The van der Waals surface area contributed by atoms with Gasteiger partial charge in [-0.25, -0.2) is 0 Å². The van der Waals surface area contributed by atoms with Crippen LogP contribution in [0.15, 0.2) is 30.3 Å². The molecule has 2 aliphatic rings. The fraction of sp³-hybridized carbons (Fsp3) is 0.727. The van der Waals surface area contributed by atoms with Crippen LogP contribution in [0.5, 0.6) is 5.75 Å². The molecule has 2 fully saturated rings. The highest BCUT2D eigenvalue weighted by Gasteiger charge is 2.22. The normalized spacial score (nSPS) is 21.1. The maximum atomic E-state index is 5.74. The molecular weight excluding hydrogens is 308 g/mol. The second-order valence-corrected chi connectivity index (χ2v) is 7.97. The third kappa shape index (κ3) is 6.99. The summed E-state index contributed by atoms with van der Waals surface area (Å²) in [4.78, 5) is 2.74. The predicted octanol–water partition coefficient (Wildman–Crippen LogP) is 4.34. The van der Waals surface area contributed by atoms with Crippen LogP contribution in [0.2, 0.25) is 0 Å². The van der Waals surface area contributed by atoms with E-state index in [2.05, 4.69) is 10.2 Å². The minimum Gasteiger partial charge on any atom is -0.492 e. The van der Waals surface area contributed by atoms with Crippen LogP contribution in [0.1, 0.15) is 51.4 Å². The van der Waals surface area contributed by atoms with Crippen molar-refractivity contribution in [2.24, 2.45) is 11.8 Å².